The third-order valence-corrected chi connectivity index (χ3v) is 5.28. The fraction of sp³-hybridized carbons (Fsp3) is 0.143. The van der Waals surface area contributed by atoms with Crippen LogP contribution in [0.2, 0.25) is 0 Å². The monoisotopic (exact) mass is 410 g/mol. The van der Waals surface area contributed by atoms with Crippen LogP contribution in [0, 0.1) is 10.1 Å². The summed E-state index contributed by atoms with van der Waals surface area (Å²) < 4.78 is 4.88. The Kier molecular flexibility index (Phi) is 5.84. The van der Waals surface area contributed by atoms with E-state index in [2.05, 4.69) is 0 Å². The minimum absolute atomic E-state index is 0.0835. The molecular weight excluding hydrogens is 392 g/mol. The summed E-state index contributed by atoms with van der Waals surface area (Å²) in [6, 6.07) is 13.2. The summed E-state index contributed by atoms with van der Waals surface area (Å²) in [7, 11) is 1.26. The number of nitro benzene ring substituents is 1. The SMILES string of the molecule is COC(=O)C1=C(C)N(c2ccc([N+](=O)[O-])cc2)C(=O)/C1=C\c1ccc(SC)cc1. The Morgan fingerprint density at radius 1 is 1.14 bits per heavy atom. The van der Waals surface area contributed by atoms with Crippen molar-refractivity contribution in [1.82, 2.24) is 0 Å². The number of hydrogen-bond acceptors (Lipinski definition) is 6. The van der Waals surface area contributed by atoms with Crippen molar-refractivity contribution in [3.63, 3.8) is 0 Å². The smallest absolute Gasteiger partial charge is 0.340 e. The lowest BCUT2D eigenvalue weighted by atomic mass is 10.0. The van der Waals surface area contributed by atoms with Gasteiger partial charge in [0.15, 0.2) is 0 Å². The number of benzene rings is 2. The fourth-order valence-electron chi connectivity index (χ4n) is 3.08. The first-order valence-electron chi connectivity index (χ1n) is 8.61. The van der Waals surface area contributed by atoms with E-state index >= 15 is 0 Å². The van der Waals surface area contributed by atoms with Crippen LogP contribution >= 0.6 is 11.8 Å². The van der Waals surface area contributed by atoms with Crippen molar-refractivity contribution in [1.29, 1.82) is 0 Å². The molecule has 0 saturated carbocycles. The minimum atomic E-state index is -0.618. The number of carbonyl (C=O) groups is 2. The Morgan fingerprint density at radius 2 is 1.76 bits per heavy atom. The van der Waals surface area contributed by atoms with Crippen LogP contribution in [-0.2, 0) is 14.3 Å². The third-order valence-electron chi connectivity index (χ3n) is 4.54. The lowest BCUT2D eigenvalue weighted by Gasteiger charge is -2.17. The Bertz CT molecular complexity index is 1040. The van der Waals surface area contributed by atoms with Crippen molar-refractivity contribution in [3.05, 3.63) is 81.1 Å². The molecule has 0 bridgehead atoms. The molecule has 0 N–H and O–H groups in total. The van der Waals surface area contributed by atoms with E-state index in [1.54, 1.807) is 24.8 Å². The Balaban J connectivity index is 2.07. The third kappa shape index (κ3) is 3.93. The summed E-state index contributed by atoms with van der Waals surface area (Å²) in [5.74, 6) is -1.02. The molecule has 1 aliphatic rings. The zero-order valence-corrected chi connectivity index (χ0v) is 16.9. The van der Waals surface area contributed by atoms with E-state index in [1.165, 1.54) is 36.3 Å². The molecule has 0 atom stereocenters. The van der Waals surface area contributed by atoms with Gasteiger partial charge in [0.05, 0.1) is 23.2 Å². The highest BCUT2D eigenvalue weighted by Gasteiger charge is 2.38. The van der Waals surface area contributed by atoms with Gasteiger partial charge in [0.1, 0.15) is 0 Å². The predicted molar refractivity (Wildman–Crippen MR) is 111 cm³/mol. The zero-order chi connectivity index (χ0) is 21.1. The number of carbonyl (C=O) groups excluding carboxylic acids is 2. The number of hydrogen-bond donors (Lipinski definition) is 0. The van der Waals surface area contributed by atoms with Crippen molar-refractivity contribution in [2.45, 2.75) is 11.8 Å². The highest BCUT2D eigenvalue weighted by molar-refractivity contribution is 7.98. The fourth-order valence-corrected chi connectivity index (χ4v) is 3.49. The van der Waals surface area contributed by atoms with Gasteiger partial charge in [0.25, 0.3) is 11.6 Å². The van der Waals surface area contributed by atoms with Crippen LogP contribution in [0.25, 0.3) is 6.08 Å². The van der Waals surface area contributed by atoms with Crippen LogP contribution in [0.5, 0.6) is 0 Å². The van der Waals surface area contributed by atoms with E-state index in [4.69, 9.17) is 4.74 Å². The molecule has 1 aliphatic heterocycles. The second kappa shape index (κ2) is 8.32. The Labute approximate surface area is 171 Å². The van der Waals surface area contributed by atoms with Gasteiger partial charge in [-0.15, -0.1) is 11.8 Å². The standard InChI is InChI=1S/C21H18N2O5S/c1-13-19(21(25)28-2)18(12-14-4-10-17(29-3)11-5-14)20(24)22(13)15-6-8-16(9-7-15)23(26)27/h4-12H,1-3H3/b18-12-. The summed E-state index contributed by atoms with van der Waals surface area (Å²) in [6.45, 7) is 1.64. The van der Waals surface area contributed by atoms with E-state index in [9.17, 15) is 19.7 Å². The van der Waals surface area contributed by atoms with Crippen molar-refractivity contribution in [3.8, 4) is 0 Å². The lowest BCUT2D eigenvalue weighted by Crippen LogP contribution is -2.24. The van der Waals surface area contributed by atoms with Crippen LogP contribution in [0.15, 0.2) is 70.3 Å². The van der Waals surface area contributed by atoms with Crippen LogP contribution in [-0.4, -0.2) is 30.2 Å². The van der Waals surface area contributed by atoms with Gasteiger partial charge in [-0.2, -0.15) is 0 Å². The second-order valence-corrected chi connectivity index (χ2v) is 7.08. The van der Waals surface area contributed by atoms with Gasteiger partial charge in [-0.25, -0.2) is 4.79 Å². The average Bonchev–Trinajstić information content (AvgIpc) is 2.97. The summed E-state index contributed by atoms with van der Waals surface area (Å²) in [6.07, 6.45) is 3.62. The van der Waals surface area contributed by atoms with Gasteiger partial charge in [-0.3, -0.25) is 19.8 Å². The number of anilines is 1. The van der Waals surface area contributed by atoms with Gasteiger partial charge >= 0.3 is 5.97 Å². The molecule has 7 nitrogen and oxygen atoms in total. The molecule has 0 aliphatic carbocycles. The molecule has 1 amide bonds. The minimum Gasteiger partial charge on any atom is -0.465 e. The molecule has 8 heteroatoms. The summed E-state index contributed by atoms with van der Waals surface area (Å²) in [5, 5.41) is 10.9. The number of non-ortho nitro benzene ring substituents is 1. The summed E-state index contributed by atoms with van der Waals surface area (Å²) in [4.78, 5) is 38.4. The van der Waals surface area contributed by atoms with Crippen molar-refractivity contribution in [2.24, 2.45) is 0 Å². The summed E-state index contributed by atoms with van der Waals surface area (Å²) in [5.41, 5.74) is 1.91. The van der Waals surface area contributed by atoms with Crippen LogP contribution in [0.3, 0.4) is 0 Å². The second-order valence-electron chi connectivity index (χ2n) is 6.20. The first kappa shape index (κ1) is 20.3. The first-order valence-corrected chi connectivity index (χ1v) is 9.84. The normalized spacial score (nSPS) is 15.2. The highest BCUT2D eigenvalue weighted by atomic mass is 32.2. The quantitative estimate of drug-likeness (QED) is 0.241. The van der Waals surface area contributed by atoms with Crippen molar-refractivity contribution >= 4 is 41.1 Å². The first-order chi connectivity index (χ1) is 13.9. The molecule has 148 valence electrons. The molecule has 0 fully saturated rings. The molecule has 0 spiro atoms. The van der Waals surface area contributed by atoms with E-state index in [0.29, 0.717) is 11.4 Å². The molecule has 2 aromatic rings. The Hall–Kier alpha value is -3.39. The number of amides is 1. The largest absolute Gasteiger partial charge is 0.465 e. The molecule has 0 radical (unpaired) electrons. The summed E-state index contributed by atoms with van der Waals surface area (Å²) >= 11 is 1.60. The topological polar surface area (TPSA) is 89.8 Å². The van der Waals surface area contributed by atoms with E-state index in [-0.39, 0.29) is 16.8 Å². The zero-order valence-electron chi connectivity index (χ0n) is 16.0. The van der Waals surface area contributed by atoms with E-state index in [1.807, 2.05) is 30.5 Å². The molecule has 1 heterocycles. The van der Waals surface area contributed by atoms with Crippen LogP contribution < -0.4 is 4.90 Å². The average molecular weight is 410 g/mol. The maximum absolute atomic E-state index is 13.2. The molecular formula is C21H18N2O5S. The number of allylic oxidation sites excluding steroid dienone is 1. The maximum Gasteiger partial charge on any atom is 0.340 e. The van der Waals surface area contributed by atoms with E-state index in [0.717, 1.165) is 10.5 Å². The molecule has 3 rings (SSSR count). The number of esters is 1. The number of methoxy groups -OCH3 is 1. The van der Waals surface area contributed by atoms with Gasteiger partial charge in [-0.05, 0) is 49.1 Å². The van der Waals surface area contributed by atoms with Crippen LogP contribution in [0.4, 0.5) is 11.4 Å². The van der Waals surface area contributed by atoms with Crippen molar-refractivity contribution < 1.29 is 19.2 Å². The molecule has 29 heavy (non-hydrogen) atoms. The highest BCUT2D eigenvalue weighted by Crippen LogP contribution is 2.36. The maximum atomic E-state index is 13.2. The Morgan fingerprint density at radius 3 is 2.28 bits per heavy atom. The molecule has 2 aromatic carbocycles. The molecule has 0 aromatic heterocycles. The predicted octanol–water partition coefficient (Wildman–Crippen LogP) is 4.19. The number of rotatable bonds is 5. The number of nitrogens with zero attached hydrogens (tertiary/aromatic N) is 2. The van der Waals surface area contributed by atoms with Gasteiger partial charge in [0, 0.05) is 28.4 Å². The van der Waals surface area contributed by atoms with Gasteiger partial charge in [0.2, 0.25) is 0 Å². The van der Waals surface area contributed by atoms with Gasteiger partial charge < -0.3 is 4.74 Å². The number of thioether (sulfide) groups is 1. The molecule has 0 saturated heterocycles. The number of ether oxygens (including phenoxy) is 1. The van der Waals surface area contributed by atoms with Crippen LogP contribution in [0.1, 0.15) is 12.5 Å². The lowest BCUT2D eigenvalue weighted by molar-refractivity contribution is -0.384. The molecule has 0 unspecified atom stereocenters. The van der Waals surface area contributed by atoms with Gasteiger partial charge in [-0.1, -0.05) is 12.1 Å². The van der Waals surface area contributed by atoms with E-state index < -0.39 is 16.8 Å². The number of nitro groups is 1. The van der Waals surface area contributed by atoms with Crippen molar-refractivity contribution in [2.75, 3.05) is 18.3 Å².